The normalized spacial score (nSPS) is 11.9. The minimum absolute atomic E-state index is 0.130. The van der Waals surface area contributed by atoms with Gasteiger partial charge in [-0.15, -0.1) is 0 Å². The Morgan fingerprint density at radius 3 is 2.45 bits per heavy atom. The number of nitrogens with one attached hydrogen (secondary N) is 1. The van der Waals surface area contributed by atoms with Gasteiger partial charge in [0.1, 0.15) is 0 Å². The van der Waals surface area contributed by atoms with Crippen LogP contribution in [-0.2, 0) is 4.79 Å². The van der Waals surface area contributed by atoms with Gasteiger partial charge in [-0.05, 0) is 43.0 Å². The molecule has 1 amide bonds. The van der Waals surface area contributed by atoms with Crippen LogP contribution in [0.5, 0.6) is 0 Å². The molecule has 0 aliphatic heterocycles. The van der Waals surface area contributed by atoms with Crippen molar-refractivity contribution >= 4 is 23.5 Å². The van der Waals surface area contributed by atoms with E-state index in [4.69, 9.17) is 16.7 Å². The monoisotopic (exact) mass is 297 g/mol. The van der Waals surface area contributed by atoms with Crippen LogP contribution in [0.25, 0.3) is 0 Å². The number of carboxylic acids is 1. The molecule has 1 aromatic rings. The average molecular weight is 298 g/mol. The summed E-state index contributed by atoms with van der Waals surface area (Å²) in [5, 5.41) is 12.1. The van der Waals surface area contributed by atoms with E-state index >= 15 is 0 Å². The number of halogens is 1. The number of carbonyl (C=O) groups excluding carboxylic acids is 1. The molecule has 20 heavy (non-hydrogen) atoms. The van der Waals surface area contributed by atoms with E-state index in [0.717, 1.165) is 12.8 Å². The number of hydrogen-bond acceptors (Lipinski definition) is 2. The summed E-state index contributed by atoms with van der Waals surface area (Å²) < 4.78 is 0. The number of aliphatic carboxylic acids is 1. The van der Waals surface area contributed by atoms with Crippen LogP contribution in [0.15, 0.2) is 24.3 Å². The Labute approximate surface area is 124 Å². The van der Waals surface area contributed by atoms with Crippen LogP contribution in [0, 0.1) is 5.92 Å². The molecule has 110 valence electrons. The highest BCUT2D eigenvalue weighted by molar-refractivity contribution is 6.30. The molecular weight excluding hydrogens is 278 g/mol. The summed E-state index contributed by atoms with van der Waals surface area (Å²) in [4.78, 5) is 22.4. The van der Waals surface area contributed by atoms with E-state index in [9.17, 15) is 9.59 Å². The fourth-order valence-corrected chi connectivity index (χ4v) is 2.10. The van der Waals surface area contributed by atoms with Crippen molar-refractivity contribution in [3.8, 4) is 0 Å². The molecule has 0 radical (unpaired) electrons. The molecule has 0 saturated heterocycles. The highest BCUT2D eigenvalue weighted by Crippen LogP contribution is 2.15. The van der Waals surface area contributed by atoms with Crippen LogP contribution in [0.4, 0.5) is 0 Å². The summed E-state index contributed by atoms with van der Waals surface area (Å²) in [7, 11) is 0. The number of benzene rings is 1. The molecule has 0 bridgehead atoms. The Kier molecular flexibility index (Phi) is 7.09. The maximum atomic E-state index is 11.8. The van der Waals surface area contributed by atoms with E-state index in [-0.39, 0.29) is 12.3 Å². The Hall–Kier alpha value is -1.55. The van der Waals surface area contributed by atoms with Gasteiger partial charge in [0.25, 0.3) is 5.91 Å². The van der Waals surface area contributed by atoms with Crippen molar-refractivity contribution in [3.05, 3.63) is 34.9 Å². The van der Waals surface area contributed by atoms with Crippen LogP contribution in [-0.4, -0.2) is 23.5 Å². The summed E-state index contributed by atoms with van der Waals surface area (Å²) in [6, 6.07) is 6.72. The number of amides is 1. The predicted molar refractivity (Wildman–Crippen MR) is 79.1 cm³/mol. The van der Waals surface area contributed by atoms with Crippen LogP contribution >= 0.6 is 11.6 Å². The first kappa shape index (κ1) is 16.5. The fraction of sp³-hybridized carbons (Fsp3) is 0.467. The van der Waals surface area contributed by atoms with Crippen molar-refractivity contribution in [3.63, 3.8) is 0 Å². The van der Waals surface area contributed by atoms with Gasteiger partial charge in [0.05, 0.1) is 0 Å². The lowest BCUT2D eigenvalue weighted by molar-refractivity contribution is -0.137. The van der Waals surface area contributed by atoms with Crippen LogP contribution in [0.3, 0.4) is 0 Å². The number of carbonyl (C=O) groups is 2. The molecule has 0 heterocycles. The maximum absolute atomic E-state index is 11.8. The summed E-state index contributed by atoms with van der Waals surface area (Å²) in [5.74, 6) is -0.569. The van der Waals surface area contributed by atoms with Crippen LogP contribution in [0.2, 0.25) is 5.02 Å². The topological polar surface area (TPSA) is 66.4 Å². The Balaban J connectivity index is 2.33. The molecule has 1 unspecified atom stereocenters. The van der Waals surface area contributed by atoms with Crippen molar-refractivity contribution in [1.82, 2.24) is 5.32 Å². The zero-order valence-electron chi connectivity index (χ0n) is 11.6. The minimum atomic E-state index is -0.770. The molecule has 2 N–H and O–H groups in total. The number of hydrogen-bond donors (Lipinski definition) is 2. The summed E-state index contributed by atoms with van der Waals surface area (Å²) in [6.45, 7) is 2.59. The van der Waals surface area contributed by atoms with Gasteiger partial charge < -0.3 is 10.4 Å². The van der Waals surface area contributed by atoms with Crippen LogP contribution < -0.4 is 5.32 Å². The summed E-state index contributed by atoms with van der Waals surface area (Å²) in [5.41, 5.74) is 0.577. The van der Waals surface area contributed by atoms with E-state index < -0.39 is 5.97 Å². The molecule has 1 rings (SSSR count). The maximum Gasteiger partial charge on any atom is 0.303 e. The molecule has 5 heteroatoms. The Morgan fingerprint density at radius 1 is 1.25 bits per heavy atom. The molecule has 1 atom stereocenters. The number of carboxylic acid groups (broad SMARTS) is 1. The molecule has 0 aliphatic carbocycles. The first-order valence-electron chi connectivity index (χ1n) is 6.78. The molecule has 0 spiro atoms. The predicted octanol–water partition coefficient (Wildman–Crippen LogP) is 3.35. The van der Waals surface area contributed by atoms with Gasteiger partial charge in [0.15, 0.2) is 0 Å². The SMILES string of the molecule is CCC(CCNC(=O)c1ccc(Cl)cc1)CCC(=O)O. The van der Waals surface area contributed by atoms with Gasteiger partial charge in [-0.3, -0.25) is 9.59 Å². The Morgan fingerprint density at radius 2 is 1.90 bits per heavy atom. The molecule has 4 nitrogen and oxygen atoms in total. The third kappa shape index (κ3) is 6.06. The van der Waals surface area contributed by atoms with Crippen LogP contribution in [0.1, 0.15) is 43.0 Å². The molecule has 1 aromatic carbocycles. The number of rotatable bonds is 8. The van der Waals surface area contributed by atoms with E-state index in [2.05, 4.69) is 5.32 Å². The van der Waals surface area contributed by atoms with Gasteiger partial charge in [0.2, 0.25) is 0 Å². The first-order chi connectivity index (χ1) is 9.52. The zero-order chi connectivity index (χ0) is 15.0. The van der Waals surface area contributed by atoms with E-state index in [1.807, 2.05) is 6.92 Å². The molecular formula is C15H20ClNO3. The second-order valence-electron chi connectivity index (χ2n) is 4.76. The molecule has 0 saturated carbocycles. The lowest BCUT2D eigenvalue weighted by Gasteiger charge is -2.14. The Bertz CT molecular complexity index is 445. The van der Waals surface area contributed by atoms with Crippen molar-refractivity contribution in [1.29, 1.82) is 0 Å². The molecule has 0 aromatic heterocycles. The third-order valence-electron chi connectivity index (χ3n) is 3.29. The van der Waals surface area contributed by atoms with Crippen molar-refractivity contribution < 1.29 is 14.7 Å². The summed E-state index contributed by atoms with van der Waals surface area (Å²) >= 11 is 5.76. The van der Waals surface area contributed by atoms with Gasteiger partial charge in [-0.25, -0.2) is 0 Å². The lowest BCUT2D eigenvalue weighted by Crippen LogP contribution is -2.26. The van der Waals surface area contributed by atoms with Crippen molar-refractivity contribution in [2.75, 3.05) is 6.54 Å². The zero-order valence-corrected chi connectivity index (χ0v) is 12.3. The van der Waals surface area contributed by atoms with Gasteiger partial charge >= 0.3 is 5.97 Å². The smallest absolute Gasteiger partial charge is 0.303 e. The second kappa shape index (κ2) is 8.59. The first-order valence-corrected chi connectivity index (χ1v) is 7.16. The highest BCUT2D eigenvalue weighted by atomic mass is 35.5. The summed E-state index contributed by atoms with van der Waals surface area (Å²) in [6.07, 6.45) is 2.56. The van der Waals surface area contributed by atoms with Crippen molar-refractivity contribution in [2.24, 2.45) is 5.92 Å². The molecule has 0 aliphatic rings. The minimum Gasteiger partial charge on any atom is -0.481 e. The largest absolute Gasteiger partial charge is 0.481 e. The highest BCUT2D eigenvalue weighted by Gasteiger charge is 2.10. The second-order valence-corrected chi connectivity index (χ2v) is 5.19. The van der Waals surface area contributed by atoms with E-state index in [1.54, 1.807) is 24.3 Å². The molecule has 0 fully saturated rings. The van der Waals surface area contributed by atoms with Gasteiger partial charge in [-0.1, -0.05) is 24.9 Å². The van der Waals surface area contributed by atoms with E-state index in [0.29, 0.717) is 29.5 Å². The average Bonchev–Trinajstić information content (AvgIpc) is 2.42. The van der Waals surface area contributed by atoms with Gasteiger partial charge in [-0.2, -0.15) is 0 Å². The van der Waals surface area contributed by atoms with Gasteiger partial charge in [0, 0.05) is 23.6 Å². The lowest BCUT2D eigenvalue weighted by atomic mass is 9.96. The quantitative estimate of drug-likeness (QED) is 0.773. The fourth-order valence-electron chi connectivity index (χ4n) is 1.97. The van der Waals surface area contributed by atoms with E-state index in [1.165, 1.54) is 0 Å². The standard InChI is InChI=1S/C15H20ClNO3/c1-2-11(3-8-14(18)19)9-10-17-15(20)12-4-6-13(16)7-5-12/h4-7,11H,2-3,8-10H2,1H3,(H,17,20)(H,18,19). The van der Waals surface area contributed by atoms with Crippen molar-refractivity contribution in [2.45, 2.75) is 32.6 Å². The third-order valence-corrected chi connectivity index (χ3v) is 3.54.